The van der Waals surface area contributed by atoms with E-state index in [-0.39, 0.29) is 0 Å². The van der Waals surface area contributed by atoms with Gasteiger partial charge in [-0.25, -0.2) is 4.98 Å². The lowest BCUT2D eigenvalue weighted by Gasteiger charge is -2.11. The van der Waals surface area contributed by atoms with Crippen molar-refractivity contribution in [3.05, 3.63) is 69.8 Å². The Morgan fingerprint density at radius 2 is 1.81 bits per heavy atom. The molecule has 0 unspecified atom stereocenters. The Morgan fingerprint density at radius 1 is 1.04 bits per heavy atom. The predicted octanol–water partition coefficient (Wildman–Crippen LogP) is 5.46. The van der Waals surface area contributed by atoms with Crippen molar-refractivity contribution in [2.75, 3.05) is 17.7 Å². The Labute approximate surface area is 162 Å². The van der Waals surface area contributed by atoms with Gasteiger partial charge in [0.25, 0.3) is 0 Å². The van der Waals surface area contributed by atoms with Gasteiger partial charge in [-0.05, 0) is 36.8 Å². The average Bonchev–Trinajstić information content (AvgIpc) is 2.64. The van der Waals surface area contributed by atoms with E-state index in [0.717, 1.165) is 17.0 Å². The second-order valence-electron chi connectivity index (χ2n) is 5.65. The molecule has 1 aromatic heterocycles. The lowest BCUT2D eigenvalue weighted by Crippen LogP contribution is -2.06. The number of aryl methyl sites for hydroxylation is 1. The van der Waals surface area contributed by atoms with Crippen molar-refractivity contribution in [2.24, 2.45) is 0 Å². The summed E-state index contributed by atoms with van der Waals surface area (Å²) < 4.78 is 5.16. The number of halogens is 2. The third-order valence-corrected chi connectivity index (χ3v) is 4.50. The summed E-state index contributed by atoms with van der Waals surface area (Å²) in [6, 6.07) is 15.1. The Morgan fingerprint density at radius 3 is 2.54 bits per heavy atom. The van der Waals surface area contributed by atoms with Crippen molar-refractivity contribution in [3.8, 4) is 5.75 Å². The van der Waals surface area contributed by atoms with Crippen molar-refractivity contribution >= 4 is 40.7 Å². The minimum absolute atomic E-state index is 0.457. The van der Waals surface area contributed by atoms with E-state index < -0.39 is 0 Å². The summed E-state index contributed by atoms with van der Waals surface area (Å²) in [6.07, 6.45) is 0. The number of nitrogens with zero attached hydrogens (tertiary/aromatic N) is 2. The van der Waals surface area contributed by atoms with Crippen LogP contribution >= 0.6 is 23.2 Å². The quantitative estimate of drug-likeness (QED) is 0.587. The molecule has 0 saturated carbocycles. The van der Waals surface area contributed by atoms with E-state index in [9.17, 15) is 0 Å². The molecule has 2 aromatic carbocycles. The maximum Gasteiger partial charge on any atom is 0.225 e. The molecule has 134 valence electrons. The van der Waals surface area contributed by atoms with Gasteiger partial charge in [-0.1, -0.05) is 41.4 Å². The highest BCUT2D eigenvalue weighted by Gasteiger charge is 2.07. The first kappa shape index (κ1) is 18.3. The molecule has 3 rings (SSSR count). The van der Waals surface area contributed by atoms with Gasteiger partial charge >= 0.3 is 0 Å². The van der Waals surface area contributed by atoms with Crippen LogP contribution < -0.4 is 15.4 Å². The highest BCUT2D eigenvalue weighted by molar-refractivity contribution is 6.43. The molecule has 0 amide bonds. The van der Waals surface area contributed by atoms with Crippen LogP contribution in [0, 0.1) is 6.92 Å². The fourth-order valence-electron chi connectivity index (χ4n) is 2.37. The van der Waals surface area contributed by atoms with E-state index in [1.807, 2.05) is 49.4 Å². The largest absolute Gasteiger partial charge is 0.497 e. The molecule has 1 heterocycles. The van der Waals surface area contributed by atoms with E-state index in [0.29, 0.717) is 34.0 Å². The summed E-state index contributed by atoms with van der Waals surface area (Å²) in [5.74, 6) is 1.99. The number of hydrogen-bond acceptors (Lipinski definition) is 5. The molecule has 0 aliphatic carbocycles. The average molecular weight is 389 g/mol. The third kappa shape index (κ3) is 4.56. The number of ether oxygens (including phenoxy) is 1. The van der Waals surface area contributed by atoms with Gasteiger partial charge in [0.1, 0.15) is 11.6 Å². The topological polar surface area (TPSA) is 59.1 Å². The minimum atomic E-state index is 0.457. The van der Waals surface area contributed by atoms with Crippen molar-refractivity contribution in [3.63, 3.8) is 0 Å². The standard InChI is InChI=1S/C19H18Cl2N4O/c1-12-10-17(24-16-5-3-4-15(20)18(16)21)25-19(23-12)22-11-13-6-8-14(26-2)9-7-13/h3-10H,11H2,1-2H3,(H2,22,23,24,25). The molecule has 2 N–H and O–H groups in total. The van der Waals surface area contributed by atoms with E-state index in [2.05, 4.69) is 20.6 Å². The molecular formula is C19H18Cl2N4O. The van der Waals surface area contributed by atoms with Crippen LogP contribution in [-0.2, 0) is 6.54 Å². The lowest BCUT2D eigenvalue weighted by atomic mass is 10.2. The molecule has 0 aliphatic rings. The molecule has 26 heavy (non-hydrogen) atoms. The molecule has 0 bridgehead atoms. The monoisotopic (exact) mass is 388 g/mol. The van der Waals surface area contributed by atoms with E-state index in [1.54, 1.807) is 13.2 Å². The van der Waals surface area contributed by atoms with Gasteiger partial charge in [-0.3, -0.25) is 0 Å². The summed E-state index contributed by atoms with van der Waals surface area (Å²) in [4.78, 5) is 8.91. The maximum atomic E-state index is 6.22. The number of methoxy groups -OCH3 is 1. The summed E-state index contributed by atoms with van der Waals surface area (Å²) in [6.45, 7) is 2.51. The third-order valence-electron chi connectivity index (χ3n) is 3.68. The Kier molecular flexibility index (Phi) is 5.81. The summed E-state index contributed by atoms with van der Waals surface area (Å²) in [5, 5.41) is 7.36. The first-order chi connectivity index (χ1) is 12.5. The lowest BCUT2D eigenvalue weighted by molar-refractivity contribution is 0.414. The molecule has 0 radical (unpaired) electrons. The van der Waals surface area contributed by atoms with Crippen LogP contribution in [0.4, 0.5) is 17.5 Å². The number of benzene rings is 2. The Balaban J connectivity index is 1.73. The van der Waals surface area contributed by atoms with E-state index in [4.69, 9.17) is 27.9 Å². The first-order valence-corrected chi connectivity index (χ1v) is 8.74. The van der Waals surface area contributed by atoms with Gasteiger partial charge in [0.05, 0.1) is 22.8 Å². The van der Waals surface area contributed by atoms with Gasteiger partial charge < -0.3 is 15.4 Å². The first-order valence-electron chi connectivity index (χ1n) is 7.98. The van der Waals surface area contributed by atoms with Crippen molar-refractivity contribution in [1.82, 2.24) is 9.97 Å². The molecule has 0 fully saturated rings. The van der Waals surface area contributed by atoms with Crippen LogP contribution in [0.3, 0.4) is 0 Å². The minimum Gasteiger partial charge on any atom is -0.497 e. The van der Waals surface area contributed by atoms with E-state index in [1.165, 1.54) is 0 Å². The van der Waals surface area contributed by atoms with Crippen molar-refractivity contribution in [2.45, 2.75) is 13.5 Å². The van der Waals surface area contributed by atoms with Crippen LogP contribution in [0.15, 0.2) is 48.5 Å². The molecule has 0 spiro atoms. The van der Waals surface area contributed by atoms with Gasteiger partial charge in [0.15, 0.2) is 0 Å². The molecule has 3 aromatic rings. The Bertz CT molecular complexity index is 901. The highest BCUT2D eigenvalue weighted by atomic mass is 35.5. The SMILES string of the molecule is COc1ccc(CNc2nc(C)cc(Nc3cccc(Cl)c3Cl)n2)cc1. The number of aromatic nitrogens is 2. The normalized spacial score (nSPS) is 10.5. The number of hydrogen-bond donors (Lipinski definition) is 2. The fourth-order valence-corrected chi connectivity index (χ4v) is 2.72. The van der Waals surface area contributed by atoms with Crippen molar-refractivity contribution in [1.29, 1.82) is 0 Å². The summed E-state index contributed by atoms with van der Waals surface area (Å²) >= 11 is 12.3. The van der Waals surface area contributed by atoms with Crippen molar-refractivity contribution < 1.29 is 4.74 Å². The smallest absolute Gasteiger partial charge is 0.225 e. The number of anilines is 3. The predicted molar refractivity (Wildman–Crippen MR) is 107 cm³/mol. The molecule has 7 heteroatoms. The van der Waals surface area contributed by atoms with Gasteiger partial charge in [0, 0.05) is 18.3 Å². The van der Waals surface area contributed by atoms with Gasteiger partial charge in [0.2, 0.25) is 5.95 Å². The fraction of sp³-hybridized carbons (Fsp3) is 0.158. The molecule has 0 saturated heterocycles. The van der Waals surface area contributed by atoms with Crippen LogP contribution in [0.1, 0.15) is 11.3 Å². The van der Waals surface area contributed by atoms with E-state index >= 15 is 0 Å². The van der Waals surface area contributed by atoms with Crippen LogP contribution in [0.25, 0.3) is 0 Å². The number of rotatable bonds is 6. The van der Waals surface area contributed by atoms with Gasteiger partial charge in [-0.15, -0.1) is 0 Å². The zero-order valence-corrected chi connectivity index (χ0v) is 15.9. The second kappa shape index (κ2) is 8.25. The number of nitrogens with one attached hydrogen (secondary N) is 2. The maximum absolute atomic E-state index is 6.22. The highest BCUT2D eigenvalue weighted by Crippen LogP contribution is 2.31. The molecular weight excluding hydrogens is 371 g/mol. The van der Waals surface area contributed by atoms with Crippen LogP contribution in [-0.4, -0.2) is 17.1 Å². The van der Waals surface area contributed by atoms with Gasteiger partial charge in [-0.2, -0.15) is 4.98 Å². The second-order valence-corrected chi connectivity index (χ2v) is 6.43. The zero-order chi connectivity index (χ0) is 18.5. The molecule has 0 aliphatic heterocycles. The summed E-state index contributed by atoms with van der Waals surface area (Å²) in [7, 11) is 1.65. The Hall–Kier alpha value is -2.50. The summed E-state index contributed by atoms with van der Waals surface area (Å²) in [5.41, 5.74) is 2.62. The molecule has 5 nitrogen and oxygen atoms in total. The van der Waals surface area contributed by atoms with Crippen LogP contribution in [0.5, 0.6) is 5.75 Å². The molecule has 0 atom stereocenters. The van der Waals surface area contributed by atoms with Crippen LogP contribution in [0.2, 0.25) is 10.0 Å². The zero-order valence-electron chi connectivity index (χ0n) is 14.4.